The summed E-state index contributed by atoms with van der Waals surface area (Å²) < 4.78 is 0. The lowest BCUT2D eigenvalue weighted by atomic mass is 10.2. The minimum Gasteiger partial charge on any atom is -0.372 e. The number of thioether (sulfide) groups is 1. The van der Waals surface area contributed by atoms with Gasteiger partial charge in [-0.3, -0.25) is 4.79 Å². The van der Waals surface area contributed by atoms with Crippen molar-refractivity contribution < 1.29 is 4.79 Å². The number of hydrogen-bond donors (Lipinski definition) is 1. The summed E-state index contributed by atoms with van der Waals surface area (Å²) in [5, 5.41) is 3.47. The summed E-state index contributed by atoms with van der Waals surface area (Å²) >= 11 is 1.57. The normalized spacial score (nSPS) is 20.8. The van der Waals surface area contributed by atoms with Crippen LogP contribution >= 0.6 is 11.8 Å². The van der Waals surface area contributed by atoms with E-state index in [-0.39, 0.29) is 5.37 Å². The van der Waals surface area contributed by atoms with E-state index in [0.29, 0.717) is 0 Å². The van der Waals surface area contributed by atoms with E-state index < -0.39 is 0 Å². The summed E-state index contributed by atoms with van der Waals surface area (Å²) in [6.07, 6.45) is 0.913. The van der Waals surface area contributed by atoms with Crippen LogP contribution in [0.25, 0.3) is 0 Å². The molecule has 0 saturated carbocycles. The fraction of sp³-hybridized carbons (Fsp3) is 0.182. The van der Waals surface area contributed by atoms with Gasteiger partial charge in [0.1, 0.15) is 5.37 Å². The highest BCUT2D eigenvalue weighted by atomic mass is 32.2. The molecule has 0 radical (unpaired) electrons. The number of hydrogen-bond acceptors (Lipinski definition) is 3. The minimum atomic E-state index is 0.191. The topological polar surface area (TPSA) is 29.1 Å². The Balaban J connectivity index is 2.17. The number of nitrogens with one attached hydrogen (secondary N) is 1. The Kier molecular flexibility index (Phi) is 2.59. The number of carbonyl (C=O) groups is 1. The Morgan fingerprint density at radius 2 is 2.07 bits per heavy atom. The predicted octanol–water partition coefficient (Wildman–Crippen LogP) is 2.45. The standard InChI is InChI=1S/C11H11NOS/c1-8-10(7-13)14-11(12-8)9-5-3-2-4-6-9/h2-7,11-12H,1H3. The van der Waals surface area contributed by atoms with Crippen molar-refractivity contribution in [1.82, 2.24) is 5.32 Å². The van der Waals surface area contributed by atoms with Gasteiger partial charge >= 0.3 is 0 Å². The van der Waals surface area contributed by atoms with Crippen molar-refractivity contribution in [2.75, 3.05) is 0 Å². The molecule has 0 aromatic heterocycles. The van der Waals surface area contributed by atoms with Crippen LogP contribution in [-0.2, 0) is 4.79 Å². The molecule has 0 bridgehead atoms. The second-order valence-corrected chi connectivity index (χ2v) is 4.31. The summed E-state index contributed by atoms with van der Waals surface area (Å²) in [6, 6.07) is 10.1. The lowest BCUT2D eigenvalue weighted by Gasteiger charge is -2.10. The van der Waals surface area contributed by atoms with Crippen LogP contribution in [0.5, 0.6) is 0 Å². The molecule has 2 rings (SSSR count). The Hall–Kier alpha value is -1.22. The molecule has 0 spiro atoms. The van der Waals surface area contributed by atoms with Gasteiger partial charge in [0.2, 0.25) is 0 Å². The molecule has 1 aromatic rings. The maximum atomic E-state index is 10.7. The minimum absolute atomic E-state index is 0.191. The fourth-order valence-corrected chi connectivity index (χ4v) is 2.48. The average Bonchev–Trinajstić information content (AvgIpc) is 2.61. The van der Waals surface area contributed by atoms with Gasteiger partial charge in [0.15, 0.2) is 6.29 Å². The van der Waals surface area contributed by atoms with E-state index in [2.05, 4.69) is 17.4 Å². The van der Waals surface area contributed by atoms with Crippen molar-refractivity contribution in [2.45, 2.75) is 12.3 Å². The maximum absolute atomic E-state index is 10.7. The van der Waals surface area contributed by atoms with Crippen molar-refractivity contribution in [2.24, 2.45) is 0 Å². The summed E-state index contributed by atoms with van der Waals surface area (Å²) in [5.74, 6) is 0. The fourth-order valence-electron chi connectivity index (χ4n) is 1.41. The second kappa shape index (κ2) is 3.88. The van der Waals surface area contributed by atoms with Gasteiger partial charge in [0, 0.05) is 5.70 Å². The Bertz CT molecular complexity index is 372. The third kappa shape index (κ3) is 1.68. The van der Waals surface area contributed by atoms with Crippen LogP contribution < -0.4 is 5.32 Å². The van der Waals surface area contributed by atoms with Gasteiger partial charge in [-0.2, -0.15) is 0 Å². The Morgan fingerprint density at radius 3 is 2.64 bits per heavy atom. The van der Waals surface area contributed by atoms with Crippen molar-refractivity contribution in [3.63, 3.8) is 0 Å². The van der Waals surface area contributed by atoms with Crippen LogP contribution in [0.3, 0.4) is 0 Å². The number of allylic oxidation sites excluding steroid dienone is 2. The molecule has 1 unspecified atom stereocenters. The molecule has 0 saturated heterocycles. The van der Waals surface area contributed by atoms with Gasteiger partial charge in [0.25, 0.3) is 0 Å². The summed E-state index contributed by atoms with van der Waals surface area (Å²) in [4.78, 5) is 11.5. The zero-order chi connectivity index (χ0) is 9.97. The Labute approximate surface area is 87.4 Å². The number of aldehydes is 1. The van der Waals surface area contributed by atoms with Crippen LogP contribution in [0.4, 0.5) is 0 Å². The van der Waals surface area contributed by atoms with Crippen LogP contribution in [0.1, 0.15) is 17.9 Å². The third-order valence-corrected chi connectivity index (χ3v) is 3.45. The lowest BCUT2D eigenvalue weighted by Crippen LogP contribution is -2.10. The Morgan fingerprint density at radius 1 is 1.36 bits per heavy atom. The molecular formula is C11H11NOS. The predicted molar refractivity (Wildman–Crippen MR) is 58.7 cm³/mol. The number of rotatable bonds is 2. The van der Waals surface area contributed by atoms with Gasteiger partial charge in [-0.05, 0) is 12.5 Å². The first-order valence-electron chi connectivity index (χ1n) is 4.45. The molecule has 1 N–H and O–H groups in total. The highest BCUT2D eigenvalue weighted by molar-refractivity contribution is 8.04. The quantitative estimate of drug-likeness (QED) is 0.752. The van der Waals surface area contributed by atoms with E-state index in [1.54, 1.807) is 11.8 Å². The van der Waals surface area contributed by atoms with E-state index in [0.717, 1.165) is 16.9 Å². The van der Waals surface area contributed by atoms with Crippen LogP contribution in [0.2, 0.25) is 0 Å². The van der Waals surface area contributed by atoms with Gasteiger partial charge in [0.05, 0.1) is 4.91 Å². The maximum Gasteiger partial charge on any atom is 0.158 e. The summed E-state index contributed by atoms with van der Waals surface area (Å²) in [7, 11) is 0. The monoisotopic (exact) mass is 205 g/mol. The first-order valence-corrected chi connectivity index (χ1v) is 5.33. The van der Waals surface area contributed by atoms with E-state index >= 15 is 0 Å². The third-order valence-electron chi connectivity index (χ3n) is 2.17. The zero-order valence-electron chi connectivity index (χ0n) is 7.86. The molecule has 1 aliphatic rings. The molecule has 0 fully saturated rings. The van der Waals surface area contributed by atoms with Gasteiger partial charge in [-0.15, -0.1) is 0 Å². The van der Waals surface area contributed by atoms with E-state index in [9.17, 15) is 4.79 Å². The lowest BCUT2D eigenvalue weighted by molar-refractivity contribution is -0.104. The molecule has 0 aliphatic carbocycles. The number of benzene rings is 1. The molecule has 72 valence electrons. The van der Waals surface area contributed by atoms with Crippen LogP contribution in [-0.4, -0.2) is 6.29 Å². The highest BCUT2D eigenvalue weighted by Gasteiger charge is 2.22. The number of carbonyl (C=O) groups excluding carboxylic acids is 1. The molecule has 14 heavy (non-hydrogen) atoms. The van der Waals surface area contributed by atoms with E-state index in [4.69, 9.17) is 0 Å². The molecule has 1 aromatic carbocycles. The van der Waals surface area contributed by atoms with Gasteiger partial charge in [-0.1, -0.05) is 42.1 Å². The smallest absolute Gasteiger partial charge is 0.158 e. The molecule has 1 aliphatic heterocycles. The van der Waals surface area contributed by atoms with Crippen molar-refractivity contribution >= 4 is 18.0 Å². The largest absolute Gasteiger partial charge is 0.372 e. The van der Waals surface area contributed by atoms with Crippen LogP contribution in [0.15, 0.2) is 40.9 Å². The van der Waals surface area contributed by atoms with Gasteiger partial charge < -0.3 is 5.32 Å². The van der Waals surface area contributed by atoms with Crippen molar-refractivity contribution in [1.29, 1.82) is 0 Å². The van der Waals surface area contributed by atoms with Crippen molar-refractivity contribution in [3.8, 4) is 0 Å². The van der Waals surface area contributed by atoms with Crippen LogP contribution in [0, 0.1) is 0 Å². The van der Waals surface area contributed by atoms with Gasteiger partial charge in [-0.25, -0.2) is 0 Å². The summed E-state index contributed by atoms with van der Waals surface area (Å²) in [6.45, 7) is 1.93. The molecule has 1 heterocycles. The zero-order valence-corrected chi connectivity index (χ0v) is 8.67. The SMILES string of the molecule is CC1=C(C=O)SC(c2ccccc2)N1. The molecular weight excluding hydrogens is 194 g/mol. The molecule has 1 atom stereocenters. The highest BCUT2D eigenvalue weighted by Crippen LogP contribution is 2.38. The molecule has 2 nitrogen and oxygen atoms in total. The molecule has 3 heteroatoms. The first kappa shape index (κ1) is 9.34. The molecule has 0 amide bonds. The van der Waals surface area contributed by atoms with Crippen molar-refractivity contribution in [3.05, 3.63) is 46.5 Å². The van der Waals surface area contributed by atoms with E-state index in [1.807, 2.05) is 25.1 Å². The second-order valence-electron chi connectivity index (χ2n) is 3.16. The first-order chi connectivity index (χ1) is 6.81. The average molecular weight is 205 g/mol. The summed E-state index contributed by atoms with van der Waals surface area (Å²) in [5.41, 5.74) is 2.17. The van der Waals surface area contributed by atoms with E-state index in [1.165, 1.54) is 5.56 Å².